The molecule has 4 heteroatoms. The normalized spacial score (nSPS) is 48.5. The number of hydrogen-bond acceptors (Lipinski definition) is 3. The fourth-order valence-electron chi connectivity index (χ4n) is 1.99. The Kier molecular flexibility index (Phi) is 1.94. The van der Waals surface area contributed by atoms with Crippen molar-refractivity contribution >= 4 is 19.6 Å². The van der Waals surface area contributed by atoms with E-state index in [1.807, 2.05) is 11.8 Å². The van der Waals surface area contributed by atoms with Crippen LogP contribution in [0.15, 0.2) is 0 Å². The largest absolute Gasteiger partial charge is 0.382 e. The lowest BCUT2D eigenvalue weighted by atomic mass is 9.95. The van der Waals surface area contributed by atoms with Crippen LogP contribution < -0.4 is 0 Å². The molecule has 1 unspecified atom stereocenters. The maximum Gasteiger partial charge on any atom is 0.140 e. The third-order valence-corrected chi connectivity index (χ3v) is 4.17. The molecular formula is C7H13BO2S. The minimum absolute atomic E-state index is 0.0729. The van der Waals surface area contributed by atoms with Crippen LogP contribution >= 0.6 is 11.8 Å². The van der Waals surface area contributed by atoms with E-state index in [0.29, 0.717) is 6.00 Å². The maximum absolute atomic E-state index is 5.84. The summed E-state index contributed by atoms with van der Waals surface area (Å²) in [5.41, 5.74) is 0.0729. The molecular weight excluding hydrogens is 159 g/mol. The second-order valence-corrected chi connectivity index (χ2v) is 4.72. The molecule has 2 aliphatic heterocycles. The third-order valence-electron chi connectivity index (χ3n) is 2.50. The Bertz CT molecular complexity index is 163. The molecule has 0 saturated carbocycles. The molecule has 3 atom stereocenters. The first-order valence-electron chi connectivity index (χ1n) is 4.04. The van der Waals surface area contributed by atoms with E-state index in [0.717, 1.165) is 17.6 Å². The van der Waals surface area contributed by atoms with Crippen molar-refractivity contribution in [3.8, 4) is 0 Å². The van der Waals surface area contributed by atoms with E-state index >= 15 is 0 Å². The van der Waals surface area contributed by atoms with Gasteiger partial charge in [-0.3, -0.25) is 0 Å². The zero-order chi connectivity index (χ0) is 7.90. The highest BCUT2D eigenvalue weighted by Crippen LogP contribution is 2.46. The van der Waals surface area contributed by atoms with E-state index < -0.39 is 0 Å². The first-order valence-corrected chi connectivity index (χ1v) is 5.09. The van der Waals surface area contributed by atoms with Crippen LogP contribution in [-0.4, -0.2) is 44.2 Å². The van der Waals surface area contributed by atoms with Crippen molar-refractivity contribution in [2.45, 2.75) is 23.3 Å². The van der Waals surface area contributed by atoms with Crippen LogP contribution in [-0.2, 0) is 9.47 Å². The highest BCUT2D eigenvalue weighted by molar-refractivity contribution is 8.00. The second-order valence-electron chi connectivity index (χ2n) is 3.49. The Hall–Kier alpha value is 0.335. The number of rotatable bonds is 2. The van der Waals surface area contributed by atoms with Crippen molar-refractivity contribution in [3.05, 3.63) is 0 Å². The van der Waals surface area contributed by atoms with Crippen molar-refractivity contribution in [2.75, 3.05) is 19.5 Å². The molecule has 0 amide bonds. The van der Waals surface area contributed by atoms with E-state index in [1.54, 1.807) is 7.11 Å². The van der Waals surface area contributed by atoms with Crippen LogP contribution in [0.4, 0.5) is 0 Å². The molecule has 0 aromatic carbocycles. The Morgan fingerprint density at radius 2 is 2.64 bits per heavy atom. The van der Waals surface area contributed by atoms with E-state index in [-0.39, 0.29) is 5.60 Å². The summed E-state index contributed by atoms with van der Waals surface area (Å²) in [5.74, 6) is 1.12. The van der Waals surface area contributed by atoms with E-state index in [4.69, 9.17) is 9.47 Å². The van der Waals surface area contributed by atoms with Gasteiger partial charge in [0.2, 0.25) is 0 Å². The van der Waals surface area contributed by atoms with Crippen molar-refractivity contribution < 1.29 is 9.47 Å². The van der Waals surface area contributed by atoms with Gasteiger partial charge in [-0.25, -0.2) is 0 Å². The lowest BCUT2D eigenvalue weighted by molar-refractivity contribution is -0.0471. The van der Waals surface area contributed by atoms with Gasteiger partial charge in [-0.2, -0.15) is 11.8 Å². The average Bonchev–Trinajstić information content (AvgIpc) is 2.44. The minimum Gasteiger partial charge on any atom is -0.382 e. The smallest absolute Gasteiger partial charge is 0.140 e. The van der Waals surface area contributed by atoms with Gasteiger partial charge in [0.25, 0.3) is 0 Å². The van der Waals surface area contributed by atoms with Crippen LogP contribution in [0.25, 0.3) is 0 Å². The fraction of sp³-hybridized carbons (Fsp3) is 1.00. The molecule has 2 bridgehead atoms. The van der Waals surface area contributed by atoms with Gasteiger partial charge in [0, 0.05) is 24.1 Å². The molecule has 2 nitrogen and oxygen atoms in total. The molecule has 0 aromatic rings. The highest BCUT2D eigenvalue weighted by Gasteiger charge is 2.50. The van der Waals surface area contributed by atoms with E-state index in [2.05, 4.69) is 7.85 Å². The quantitative estimate of drug-likeness (QED) is 0.540. The minimum atomic E-state index is 0.0729. The van der Waals surface area contributed by atoms with Gasteiger partial charge in [-0.05, 0) is 6.42 Å². The van der Waals surface area contributed by atoms with Crippen LogP contribution in [0.2, 0.25) is 0 Å². The molecule has 2 heterocycles. The number of fused-ring (bicyclic) bond motifs is 2. The molecule has 0 aliphatic carbocycles. The van der Waals surface area contributed by atoms with Crippen molar-refractivity contribution in [2.24, 2.45) is 0 Å². The monoisotopic (exact) mass is 172 g/mol. The summed E-state index contributed by atoms with van der Waals surface area (Å²) in [6.45, 7) is 0.765. The van der Waals surface area contributed by atoms with Crippen molar-refractivity contribution in [3.63, 3.8) is 0 Å². The summed E-state index contributed by atoms with van der Waals surface area (Å²) in [5, 5.41) is 0.727. The summed E-state index contributed by atoms with van der Waals surface area (Å²) < 4.78 is 11.0. The summed E-state index contributed by atoms with van der Waals surface area (Å²) in [6.07, 6.45) is 1.19. The van der Waals surface area contributed by atoms with Crippen molar-refractivity contribution in [1.82, 2.24) is 0 Å². The summed E-state index contributed by atoms with van der Waals surface area (Å²) in [7, 11) is 3.91. The first-order chi connectivity index (χ1) is 5.26. The summed E-state index contributed by atoms with van der Waals surface area (Å²) in [6, 6.07) is 0.434. The fourth-order valence-corrected chi connectivity index (χ4v) is 3.53. The van der Waals surface area contributed by atoms with Crippen LogP contribution in [0, 0.1) is 0 Å². The SMILES string of the molecule is B[C@@H]1O[C@@]2(COC)CSC1C2. The molecule has 2 fully saturated rings. The number of thioether (sulfide) groups is 1. The lowest BCUT2D eigenvalue weighted by Crippen LogP contribution is -2.37. The standard InChI is InChI=1S/C7H13BO2S/c1-9-3-7-2-5(11-4-7)6(8)10-7/h5-6H,2-4,8H2,1H3/t5?,6-,7+/m1/s1. The van der Waals surface area contributed by atoms with Crippen molar-refractivity contribution in [1.29, 1.82) is 0 Å². The second kappa shape index (κ2) is 2.68. The van der Waals surface area contributed by atoms with Gasteiger partial charge in [0.1, 0.15) is 13.4 Å². The molecule has 62 valence electrons. The zero-order valence-corrected chi connectivity index (χ0v) is 7.82. The summed E-state index contributed by atoms with van der Waals surface area (Å²) in [4.78, 5) is 0. The Morgan fingerprint density at radius 3 is 3.09 bits per heavy atom. The Labute approximate surface area is 72.4 Å². The molecule has 2 rings (SSSR count). The average molecular weight is 172 g/mol. The van der Waals surface area contributed by atoms with Gasteiger partial charge in [-0.15, -0.1) is 0 Å². The lowest BCUT2D eigenvalue weighted by Gasteiger charge is -2.28. The first kappa shape index (κ1) is 7.96. The molecule has 2 saturated heterocycles. The van der Waals surface area contributed by atoms with Crippen LogP contribution in [0.1, 0.15) is 6.42 Å². The molecule has 11 heavy (non-hydrogen) atoms. The van der Waals surface area contributed by atoms with Gasteiger partial charge < -0.3 is 9.47 Å². The molecule has 0 aromatic heterocycles. The van der Waals surface area contributed by atoms with Gasteiger partial charge in [0.15, 0.2) is 0 Å². The topological polar surface area (TPSA) is 18.5 Å². The Balaban J connectivity index is 2.05. The predicted molar refractivity (Wildman–Crippen MR) is 48.9 cm³/mol. The van der Waals surface area contributed by atoms with Gasteiger partial charge in [0.05, 0.1) is 6.61 Å². The molecule has 0 N–H and O–H groups in total. The number of hydrogen-bond donors (Lipinski definition) is 0. The number of ether oxygens (including phenoxy) is 2. The molecule has 0 radical (unpaired) electrons. The van der Waals surface area contributed by atoms with Gasteiger partial charge >= 0.3 is 0 Å². The Morgan fingerprint density at radius 1 is 1.82 bits per heavy atom. The summed E-state index contributed by atoms with van der Waals surface area (Å²) >= 11 is 2.03. The van der Waals surface area contributed by atoms with Crippen LogP contribution in [0.5, 0.6) is 0 Å². The number of methoxy groups -OCH3 is 1. The van der Waals surface area contributed by atoms with E-state index in [9.17, 15) is 0 Å². The highest BCUT2D eigenvalue weighted by atomic mass is 32.2. The maximum atomic E-state index is 5.84. The molecule has 0 spiro atoms. The van der Waals surface area contributed by atoms with E-state index in [1.165, 1.54) is 6.42 Å². The molecule has 2 aliphatic rings. The van der Waals surface area contributed by atoms with Crippen LogP contribution in [0.3, 0.4) is 0 Å². The zero-order valence-electron chi connectivity index (χ0n) is 7.00. The predicted octanol–water partition coefficient (Wildman–Crippen LogP) is -0.134. The third kappa shape index (κ3) is 1.21. The van der Waals surface area contributed by atoms with Gasteiger partial charge in [-0.1, -0.05) is 0 Å².